The number of phenolic OH excluding ortho intramolecular Hbond substituents is 1. The van der Waals surface area contributed by atoms with Gasteiger partial charge in [0, 0.05) is 10.9 Å². The second-order valence-corrected chi connectivity index (χ2v) is 4.54. The number of benzene rings is 2. The van der Waals surface area contributed by atoms with Crippen LogP contribution in [-0.2, 0) is 0 Å². The van der Waals surface area contributed by atoms with E-state index in [0.717, 1.165) is 27.7 Å². The molecule has 0 aliphatic rings. The first-order valence-electron chi connectivity index (χ1n) is 6.00. The quantitative estimate of drug-likeness (QED) is 0.709. The summed E-state index contributed by atoms with van der Waals surface area (Å²) in [6.45, 7) is 1.94. The number of phenols is 1. The molecule has 3 rings (SSSR count). The van der Waals surface area contributed by atoms with E-state index in [1.54, 1.807) is 18.2 Å². The average molecular weight is 253 g/mol. The van der Waals surface area contributed by atoms with Crippen LogP contribution in [0.4, 0.5) is 4.39 Å². The number of fused-ring (bicyclic) bond motifs is 1. The standard InChI is InChI=1S/C16H12FNO/c1-10-8-12-9-13(17)4-7-15(12)18-16(10)11-2-5-14(19)6-3-11/h2-9,19H,1H3. The Labute approximate surface area is 110 Å². The predicted octanol–water partition coefficient (Wildman–Crippen LogP) is 4.05. The van der Waals surface area contributed by atoms with Crippen molar-refractivity contribution in [3.05, 3.63) is 59.9 Å². The van der Waals surface area contributed by atoms with Gasteiger partial charge in [-0.3, -0.25) is 0 Å². The molecule has 2 aromatic carbocycles. The number of hydrogen-bond acceptors (Lipinski definition) is 2. The van der Waals surface area contributed by atoms with Crippen molar-refractivity contribution >= 4 is 10.9 Å². The maximum Gasteiger partial charge on any atom is 0.123 e. The van der Waals surface area contributed by atoms with Crippen molar-refractivity contribution in [2.45, 2.75) is 6.92 Å². The normalized spacial score (nSPS) is 10.8. The van der Waals surface area contributed by atoms with E-state index in [0.29, 0.717) is 0 Å². The molecule has 0 aliphatic heterocycles. The van der Waals surface area contributed by atoms with Gasteiger partial charge in [-0.2, -0.15) is 0 Å². The summed E-state index contributed by atoms with van der Waals surface area (Å²) in [6.07, 6.45) is 0. The molecule has 0 bridgehead atoms. The van der Waals surface area contributed by atoms with Crippen LogP contribution in [0.1, 0.15) is 5.56 Å². The fraction of sp³-hybridized carbons (Fsp3) is 0.0625. The molecule has 3 heteroatoms. The van der Waals surface area contributed by atoms with Crippen LogP contribution in [0, 0.1) is 12.7 Å². The zero-order valence-electron chi connectivity index (χ0n) is 10.4. The van der Waals surface area contributed by atoms with Crippen LogP contribution in [0.5, 0.6) is 5.75 Å². The van der Waals surface area contributed by atoms with E-state index in [9.17, 15) is 9.50 Å². The summed E-state index contributed by atoms with van der Waals surface area (Å²) in [6, 6.07) is 13.4. The van der Waals surface area contributed by atoms with Crippen molar-refractivity contribution < 1.29 is 9.50 Å². The Morgan fingerprint density at radius 3 is 2.47 bits per heavy atom. The third kappa shape index (κ3) is 2.15. The summed E-state index contributed by atoms with van der Waals surface area (Å²) in [7, 11) is 0. The lowest BCUT2D eigenvalue weighted by Gasteiger charge is -2.08. The minimum Gasteiger partial charge on any atom is -0.508 e. The summed E-state index contributed by atoms with van der Waals surface area (Å²) < 4.78 is 13.2. The van der Waals surface area contributed by atoms with E-state index < -0.39 is 0 Å². The lowest BCUT2D eigenvalue weighted by Crippen LogP contribution is -1.90. The van der Waals surface area contributed by atoms with Gasteiger partial charge in [0.05, 0.1) is 11.2 Å². The van der Waals surface area contributed by atoms with Gasteiger partial charge in [0.15, 0.2) is 0 Å². The maximum atomic E-state index is 13.2. The Bertz CT molecular complexity index is 751. The van der Waals surface area contributed by atoms with Crippen LogP contribution in [-0.4, -0.2) is 10.1 Å². The predicted molar refractivity (Wildman–Crippen MR) is 73.5 cm³/mol. The molecule has 3 aromatic rings. The first-order chi connectivity index (χ1) is 9.13. The van der Waals surface area contributed by atoms with E-state index in [-0.39, 0.29) is 11.6 Å². The molecule has 0 fully saturated rings. The Morgan fingerprint density at radius 2 is 1.74 bits per heavy atom. The minimum absolute atomic E-state index is 0.226. The van der Waals surface area contributed by atoms with E-state index in [1.165, 1.54) is 12.1 Å². The monoisotopic (exact) mass is 253 g/mol. The highest BCUT2D eigenvalue weighted by Crippen LogP contribution is 2.26. The third-order valence-electron chi connectivity index (χ3n) is 3.11. The molecule has 19 heavy (non-hydrogen) atoms. The highest BCUT2D eigenvalue weighted by Gasteiger charge is 2.07. The first kappa shape index (κ1) is 11.7. The molecule has 2 nitrogen and oxygen atoms in total. The molecule has 94 valence electrons. The number of aromatic hydroxyl groups is 1. The summed E-state index contributed by atoms with van der Waals surface area (Å²) in [4.78, 5) is 4.57. The highest BCUT2D eigenvalue weighted by atomic mass is 19.1. The molecule has 0 amide bonds. The molecule has 0 atom stereocenters. The van der Waals surface area contributed by atoms with Gasteiger partial charge >= 0.3 is 0 Å². The molecule has 1 aromatic heterocycles. The van der Waals surface area contributed by atoms with E-state index in [4.69, 9.17) is 0 Å². The van der Waals surface area contributed by atoms with Crippen molar-refractivity contribution in [1.29, 1.82) is 0 Å². The van der Waals surface area contributed by atoms with Crippen LogP contribution in [0.2, 0.25) is 0 Å². The fourth-order valence-corrected chi connectivity index (χ4v) is 2.16. The van der Waals surface area contributed by atoms with Crippen molar-refractivity contribution in [1.82, 2.24) is 4.98 Å². The summed E-state index contributed by atoms with van der Waals surface area (Å²) in [5.74, 6) is -0.0321. The Hall–Kier alpha value is -2.42. The number of halogens is 1. The molecule has 0 unspecified atom stereocenters. The molecule has 0 saturated carbocycles. The van der Waals surface area contributed by atoms with Crippen LogP contribution < -0.4 is 0 Å². The second kappa shape index (κ2) is 4.35. The number of aromatic nitrogens is 1. The minimum atomic E-state index is -0.258. The van der Waals surface area contributed by atoms with Gasteiger partial charge in [-0.1, -0.05) is 0 Å². The van der Waals surface area contributed by atoms with Crippen molar-refractivity contribution in [2.24, 2.45) is 0 Å². The van der Waals surface area contributed by atoms with Crippen LogP contribution in [0.15, 0.2) is 48.5 Å². The number of nitrogens with zero attached hydrogens (tertiary/aromatic N) is 1. The summed E-state index contributed by atoms with van der Waals surface area (Å²) in [5.41, 5.74) is 3.51. The van der Waals surface area contributed by atoms with E-state index in [2.05, 4.69) is 4.98 Å². The van der Waals surface area contributed by atoms with Crippen molar-refractivity contribution in [3.63, 3.8) is 0 Å². The molecule has 0 radical (unpaired) electrons. The lowest BCUT2D eigenvalue weighted by molar-refractivity contribution is 0.475. The molecule has 0 saturated heterocycles. The van der Waals surface area contributed by atoms with E-state index >= 15 is 0 Å². The van der Waals surface area contributed by atoms with Gasteiger partial charge in [0.25, 0.3) is 0 Å². The van der Waals surface area contributed by atoms with Gasteiger partial charge in [-0.15, -0.1) is 0 Å². The molecular formula is C16H12FNO. The Kier molecular flexibility index (Phi) is 2.67. The second-order valence-electron chi connectivity index (χ2n) is 4.54. The van der Waals surface area contributed by atoms with Crippen LogP contribution in [0.25, 0.3) is 22.2 Å². The van der Waals surface area contributed by atoms with Gasteiger partial charge in [-0.05, 0) is 61.0 Å². The lowest BCUT2D eigenvalue weighted by atomic mass is 10.0. The van der Waals surface area contributed by atoms with E-state index in [1.807, 2.05) is 25.1 Å². The van der Waals surface area contributed by atoms with Crippen molar-refractivity contribution in [2.75, 3.05) is 0 Å². The van der Waals surface area contributed by atoms with Crippen molar-refractivity contribution in [3.8, 4) is 17.0 Å². The Balaban J connectivity index is 2.21. The van der Waals surface area contributed by atoms with Gasteiger partial charge < -0.3 is 5.11 Å². The molecule has 0 spiro atoms. The number of hydrogen-bond donors (Lipinski definition) is 1. The average Bonchev–Trinajstić information content (AvgIpc) is 2.39. The topological polar surface area (TPSA) is 33.1 Å². The molecule has 0 aliphatic carbocycles. The number of pyridine rings is 1. The fourth-order valence-electron chi connectivity index (χ4n) is 2.16. The zero-order valence-corrected chi connectivity index (χ0v) is 10.4. The molecule has 1 N–H and O–H groups in total. The summed E-state index contributed by atoms with van der Waals surface area (Å²) >= 11 is 0. The van der Waals surface area contributed by atoms with Crippen LogP contribution in [0.3, 0.4) is 0 Å². The van der Waals surface area contributed by atoms with Gasteiger partial charge in [0.1, 0.15) is 11.6 Å². The number of rotatable bonds is 1. The largest absolute Gasteiger partial charge is 0.508 e. The smallest absolute Gasteiger partial charge is 0.123 e. The molecular weight excluding hydrogens is 241 g/mol. The molecule has 1 heterocycles. The zero-order chi connectivity index (χ0) is 13.4. The van der Waals surface area contributed by atoms with Gasteiger partial charge in [-0.25, -0.2) is 9.37 Å². The summed E-state index contributed by atoms with van der Waals surface area (Å²) in [5, 5.41) is 10.1. The Morgan fingerprint density at radius 1 is 1.00 bits per heavy atom. The number of aryl methyl sites for hydroxylation is 1. The van der Waals surface area contributed by atoms with Gasteiger partial charge in [0.2, 0.25) is 0 Å². The first-order valence-corrected chi connectivity index (χ1v) is 6.00. The third-order valence-corrected chi connectivity index (χ3v) is 3.11. The van der Waals surface area contributed by atoms with Crippen LogP contribution >= 0.6 is 0 Å². The maximum absolute atomic E-state index is 13.2. The SMILES string of the molecule is Cc1cc2cc(F)ccc2nc1-c1ccc(O)cc1. The highest BCUT2D eigenvalue weighted by molar-refractivity contribution is 5.83.